The van der Waals surface area contributed by atoms with Gasteiger partial charge in [0.1, 0.15) is 6.29 Å². The third-order valence-corrected chi connectivity index (χ3v) is 6.22. The first-order valence-corrected chi connectivity index (χ1v) is 10.5. The highest BCUT2D eigenvalue weighted by Gasteiger charge is 2.33. The average Bonchev–Trinajstić information content (AvgIpc) is 2.59. The van der Waals surface area contributed by atoms with E-state index in [1.807, 2.05) is 0 Å². The Hall–Kier alpha value is -0.890. The van der Waals surface area contributed by atoms with Crippen LogP contribution in [0.5, 0.6) is 0 Å². The van der Waals surface area contributed by atoms with Gasteiger partial charge >= 0.3 is 6.03 Å². The highest BCUT2D eigenvalue weighted by molar-refractivity contribution is 5.74. The monoisotopic (exact) mass is 367 g/mol. The van der Waals surface area contributed by atoms with Gasteiger partial charge < -0.3 is 15.7 Å². The Balaban J connectivity index is 1.42. The predicted octanol–water partition coefficient (Wildman–Crippen LogP) is 1.20. The molecule has 2 aliphatic carbocycles. The Morgan fingerprint density at radius 1 is 1.08 bits per heavy atom. The molecule has 0 aromatic rings. The van der Waals surface area contributed by atoms with Crippen molar-refractivity contribution in [2.75, 3.05) is 6.54 Å². The molecule has 0 aromatic carbocycles. The summed E-state index contributed by atoms with van der Waals surface area (Å²) in [5, 5.41) is 25.6. The standard InChI is InChI=1S/C19H37N5O2/c1-12-9-17(20-11-13(2)25)23-18(21-12)24-19(26)22-16-8-7-14-5-3-4-6-15(14)10-16/h12-18,20-21,23,25H,3-11H2,1-2H3,(H2,22,24,26). The van der Waals surface area contributed by atoms with Gasteiger partial charge in [-0.1, -0.05) is 25.7 Å². The number of rotatable bonds is 5. The van der Waals surface area contributed by atoms with Crippen LogP contribution in [-0.4, -0.2) is 48.3 Å². The van der Waals surface area contributed by atoms with Gasteiger partial charge in [0.25, 0.3) is 0 Å². The van der Waals surface area contributed by atoms with Crippen molar-refractivity contribution in [1.29, 1.82) is 0 Å². The number of carbonyl (C=O) groups is 1. The first-order chi connectivity index (χ1) is 12.5. The summed E-state index contributed by atoms with van der Waals surface area (Å²) in [6.45, 7) is 4.41. The van der Waals surface area contributed by atoms with Gasteiger partial charge in [-0.2, -0.15) is 0 Å². The predicted molar refractivity (Wildman–Crippen MR) is 102 cm³/mol. The average molecular weight is 368 g/mol. The van der Waals surface area contributed by atoms with E-state index in [0.29, 0.717) is 12.6 Å². The van der Waals surface area contributed by atoms with Crippen LogP contribution in [-0.2, 0) is 0 Å². The van der Waals surface area contributed by atoms with Crippen molar-refractivity contribution in [3.63, 3.8) is 0 Å². The maximum absolute atomic E-state index is 12.5. The zero-order chi connectivity index (χ0) is 18.5. The molecule has 1 saturated heterocycles. The molecule has 26 heavy (non-hydrogen) atoms. The zero-order valence-electron chi connectivity index (χ0n) is 16.3. The normalized spacial score (nSPS) is 38.9. The van der Waals surface area contributed by atoms with Crippen LogP contribution in [0.3, 0.4) is 0 Å². The molecule has 6 N–H and O–H groups in total. The fraction of sp³-hybridized carbons (Fsp3) is 0.947. The number of amides is 2. The van der Waals surface area contributed by atoms with E-state index in [0.717, 1.165) is 31.1 Å². The van der Waals surface area contributed by atoms with Crippen LogP contribution in [0.15, 0.2) is 0 Å². The van der Waals surface area contributed by atoms with Crippen molar-refractivity contribution >= 4 is 6.03 Å². The Morgan fingerprint density at radius 3 is 2.62 bits per heavy atom. The van der Waals surface area contributed by atoms with Crippen molar-refractivity contribution in [2.24, 2.45) is 11.8 Å². The molecular formula is C19H37N5O2. The molecule has 2 amide bonds. The second-order valence-electron chi connectivity index (χ2n) is 8.65. The molecule has 0 bridgehead atoms. The first kappa shape index (κ1) is 19.9. The molecule has 3 rings (SSSR count). The van der Waals surface area contributed by atoms with E-state index in [1.165, 1.54) is 32.1 Å². The highest BCUT2D eigenvalue weighted by atomic mass is 16.3. The number of nitrogens with one attached hydrogen (secondary N) is 5. The minimum atomic E-state index is -0.383. The number of aliphatic hydroxyl groups excluding tert-OH is 1. The van der Waals surface area contributed by atoms with E-state index < -0.39 is 0 Å². The maximum Gasteiger partial charge on any atom is 0.317 e. The van der Waals surface area contributed by atoms with Crippen LogP contribution in [0, 0.1) is 11.8 Å². The second-order valence-corrected chi connectivity index (χ2v) is 8.65. The van der Waals surface area contributed by atoms with Crippen molar-refractivity contribution < 1.29 is 9.90 Å². The topological polar surface area (TPSA) is 97.5 Å². The third kappa shape index (κ3) is 5.81. The lowest BCUT2D eigenvalue weighted by molar-refractivity contribution is 0.139. The van der Waals surface area contributed by atoms with Gasteiger partial charge in [0.2, 0.25) is 0 Å². The molecule has 7 heteroatoms. The van der Waals surface area contributed by atoms with E-state index >= 15 is 0 Å². The van der Waals surface area contributed by atoms with E-state index in [2.05, 4.69) is 33.5 Å². The maximum atomic E-state index is 12.5. The van der Waals surface area contributed by atoms with Crippen LogP contribution < -0.4 is 26.6 Å². The van der Waals surface area contributed by atoms with Crippen LogP contribution >= 0.6 is 0 Å². The summed E-state index contributed by atoms with van der Waals surface area (Å²) in [6.07, 6.45) is 9.30. The Labute approximate surface area is 157 Å². The molecule has 3 fully saturated rings. The molecule has 1 aliphatic heterocycles. The number of aliphatic hydroxyl groups is 1. The molecule has 3 aliphatic rings. The van der Waals surface area contributed by atoms with E-state index in [4.69, 9.17) is 0 Å². The van der Waals surface area contributed by atoms with Gasteiger partial charge in [-0.15, -0.1) is 0 Å². The summed E-state index contributed by atoms with van der Waals surface area (Å²) < 4.78 is 0. The molecule has 7 unspecified atom stereocenters. The van der Waals surface area contributed by atoms with Crippen LogP contribution in [0.25, 0.3) is 0 Å². The largest absolute Gasteiger partial charge is 0.392 e. The quantitative estimate of drug-likeness (QED) is 0.439. The van der Waals surface area contributed by atoms with E-state index in [1.54, 1.807) is 6.92 Å². The lowest BCUT2D eigenvalue weighted by Crippen LogP contribution is -2.68. The first-order valence-electron chi connectivity index (χ1n) is 10.5. The zero-order valence-corrected chi connectivity index (χ0v) is 16.3. The van der Waals surface area contributed by atoms with Crippen LogP contribution in [0.1, 0.15) is 65.2 Å². The molecule has 0 aromatic heterocycles. The van der Waals surface area contributed by atoms with Crippen molar-refractivity contribution in [3.8, 4) is 0 Å². The molecule has 0 radical (unpaired) electrons. The van der Waals surface area contributed by atoms with E-state index in [9.17, 15) is 9.90 Å². The Bertz CT molecular complexity index is 461. The number of carbonyl (C=O) groups excluding carboxylic acids is 1. The molecule has 7 atom stereocenters. The molecule has 150 valence electrons. The van der Waals surface area contributed by atoms with Crippen molar-refractivity contribution in [3.05, 3.63) is 0 Å². The lowest BCUT2D eigenvalue weighted by Gasteiger charge is -2.40. The lowest BCUT2D eigenvalue weighted by atomic mass is 9.69. The molecular weight excluding hydrogens is 330 g/mol. The van der Waals surface area contributed by atoms with Gasteiger partial charge in [-0.05, 0) is 51.4 Å². The fourth-order valence-electron chi connectivity index (χ4n) is 4.92. The Morgan fingerprint density at radius 2 is 1.85 bits per heavy atom. The summed E-state index contributed by atoms with van der Waals surface area (Å²) >= 11 is 0. The second kappa shape index (κ2) is 9.35. The number of hydrogen-bond acceptors (Lipinski definition) is 5. The van der Waals surface area contributed by atoms with Crippen LogP contribution in [0.4, 0.5) is 4.79 Å². The molecule has 0 spiro atoms. The van der Waals surface area contributed by atoms with Gasteiger partial charge in [-0.3, -0.25) is 16.0 Å². The number of fused-ring (bicyclic) bond motifs is 1. The summed E-state index contributed by atoms with van der Waals surface area (Å²) in [4.78, 5) is 12.5. The highest BCUT2D eigenvalue weighted by Crippen LogP contribution is 2.40. The molecule has 7 nitrogen and oxygen atoms in total. The smallest absolute Gasteiger partial charge is 0.317 e. The van der Waals surface area contributed by atoms with Crippen molar-refractivity contribution in [2.45, 2.75) is 95.9 Å². The molecule has 2 saturated carbocycles. The minimum Gasteiger partial charge on any atom is -0.392 e. The van der Waals surface area contributed by atoms with Gasteiger partial charge in [0.05, 0.1) is 12.3 Å². The van der Waals surface area contributed by atoms with E-state index in [-0.39, 0.29) is 30.6 Å². The fourth-order valence-corrected chi connectivity index (χ4v) is 4.92. The van der Waals surface area contributed by atoms with Gasteiger partial charge in [-0.25, -0.2) is 4.79 Å². The van der Waals surface area contributed by atoms with Crippen molar-refractivity contribution in [1.82, 2.24) is 26.6 Å². The summed E-state index contributed by atoms with van der Waals surface area (Å²) in [7, 11) is 0. The van der Waals surface area contributed by atoms with Gasteiger partial charge in [0, 0.05) is 18.6 Å². The summed E-state index contributed by atoms with van der Waals surface area (Å²) in [6, 6.07) is 0.489. The minimum absolute atomic E-state index is 0.0730. The SMILES string of the molecule is CC(O)CNC1CC(C)NC(NC(=O)NC2CCC3CCCCC3C2)N1. The van der Waals surface area contributed by atoms with Gasteiger partial charge in [0.15, 0.2) is 0 Å². The number of urea groups is 1. The number of hydrogen-bond donors (Lipinski definition) is 6. The Kier molecular flexibility index (Phi) is 7.14. The molecule has 1 heterocycles. The summed E-state index contributed by atoms with van der Waals surface area (Å²) in [5.74, 6) is 1.70. The third-order valence-electron chi connectivity index (χ3n) is 6.22. The summed E-state index contributed by atoms with van der Waals surface area (Å²) in [5.41, 5.74) is 0. The van der Waals surface area contributed by atoms with Crippen LogP contribution in [0.2, 0.25) is 0 Å².